The van der Waals surface area contributed by atoms with Crippen molar-refractivity contribution in [2.24, 2.45) is 34.5 Å². The summed E-state index contributed by atoms with van der Waals surface area (Å²) in [7, 11) is 0. The van der Waals surface area contributed by atoms with E-state index in [1.54, 1.807) is 0 Å². The second kappa shape index (κ2) is 5.04. The molecule has 0 aromatic carbocycles. The predicted octanol–water partition coefficient (Wildman–Crippen LogP) is 2.93. The fourth-order valence-electron chi connectivity index (χ4n) is 7.13. The van der Waals surface area contributed by atoms with Gasteiger partial charge in [-0.25, -0.2) is 0 Å². The quantitative estimate of drug-likeness (QED) is 0.732. The van der Waals surface area contributed by atoms with Crippen molar-refractivity contribution in [1.29, 1.82) is 0 Å². The van der Waals surface area contributed by atoms with Crippen LogP contribution in [0.4, 0.5) is 0 Å². The van der Waals surface area contributed by atoms with E-state index < -0.39 is 0 Å². The number of rotatable bonds is 1. The van der Waals surface area contributed by atoms with E-state index in [1.165, 1.54) is 12.7 Å². The van der Waals surface area contributed by atoms with E-state index >= 15 is 0 Å². The molecule has 0 radical (unpaired) electrons. The van der Waals surface area contributed by atoms with Crippen LogP contribution in [-0.2, 0) is 4.79 Å². The number of hydrogen-bond acceptors (Lipinski definition) is 3. The molecule has 0 aromatic heterocycles. The molecule has 3 nitrogen and oxygen atoms in total. The average molecular weight is 306 g/mol. The first-order chi connectivity index (χ1) is 10.5. The number of aliphatic hydroxyl groups is 2. The van der Waals surface area contributed by atoms with Crippen molar-refractivity contribution in [3.63, 3.8) is 0 Å². The summed E-state index contributed by atoms with van der Waals surface area (Å²) in [5, 5.41) is 20.5. The summed E-state index contributed by atoms with van der Waals surface area (Å²) in [5.74, 6) is 2.11. The van der Waals surface area contributed by atoms with Gasteiger partial charge in [0, 0.05) is 5.41 Å². The highest BCUT2D eigenvalue weighted by molar-refractivity contribution is 5.61. The van der Waals surface area contributed by atoms with Crippen molar-refractivity contribution < 1.29 is 15.0 Å². The lowest BCUT2D eigenvalue weighted by molar-refractivity contribution is -0.155. The van der Waals surface area contributed by atoms with Crippen LogP contribution in [0.1, 0.15) is 64.7 Å². The number of aliphatic hydroxyl groups excluding tert-OH is 2. The largest absolute Gasteiger partial charge is 0.393 e. The van der Waals surface area contributed by atoms with E-state index in [2.05, 4.69) is 6.92 Å². The lowest BCUT2D eigenvalue weighted by Gasteiger charge is -2.59. The highest BCUT2D eigenvalue weighted by atomic mass is 16.3. The summed E-state index contributed by atoms with van der Waals surface area (Å²) < 4.78 is 0. The lowest BCUT2D eigenvalue weighted by atomic mass is 9.45. The SMILES string of the molecule is C[C@]12CC[C@@H]3[C@@H](CCC4CC(O)CC[C@@]43C=O)[C@@H]1CCC2O. The minimum Gasteiger partial charge on any atom is -0.393 e. The number of fused-ring (bicyclic) bond motifs is 5. The average Bonchev–Trinajstić information content (AvgIpc) is 2.82. The van der Waals surface area contributed by atoms with Crippen LogP contribution in [-0.4, -0.2) is 28.7 Å². The van der Waals surface area contributed by atoms with Gasteiger partial charge in [-0.15, -0.1) is 0 Å². The van der Waals surface area contributed by atoms with Crippen LogP contribution < -0.4 is 0 Å². The molecule has 3 heteroatoms. The van der Waals surface area contributed by atoms with Gasteiger partial charge in [0.05, 0.1) is 12.2 Å². The summed E-state index contributed by atoms with van der Waals surface area (Å²) in [5.41, 5.74) is -0.0801. The molecule has 0 aromatic rings. The fraction of sp³-hybridized carbons (Fsp3) is 0.947. The Morgan fingerprint density at radius 3 is 2.55 bits per heavy atom. The van der Waals surface area contributed by atoms with Gasteiger partial charge in [0.15, 0.2) is 0 Å². The smallest absolute Gasteiger partial charge is 0.126 e. The number of aldehydes is 1. The van der Waals surface area contributed by atoms with Crippen molar-refractivity contribution in [1.82, 2.24) is 0 Å². The van der Waals surface area contributed by atoms with Crippen LogP contribution in [0.5, 0.6) is 0 Å². The molecule has 0 amide bonds. The van der Waals surface area contributed by atoms with Crippen LogP contribution in [0.25, 0.3) is 0 Å². The second-order valence-corrected chi connectivity index (χ2v) is 8.95. The van der Waals surface area contributed by atoms with Crippen LogP contribution in [0.3, 0.4) is 0 Å². The maximum absolute atomic E-state index is 12.2. The van der Waals surface area contributed by atoms with E-state index in [9.17, 15) is 15.0 Å². The Morgan fingerprint density at radius 2 is 1.77 bits per heavy atom. The van der Waals surface area contributed by atoms with E-state index in [0.717, 1.165) is 51.4 Å². The van der Waals surface area contributed by atoms with Crippen LogP contribution in [0.2, 0.25) is 0 Å². The Hall–Kier alpha value is -0.410. The number of carbonyl (C=O) groups is 1. The van der Waals surface area contributed by atoms with Gasteiger partial charge in [-0.2, -0.15) is 0 Å². The van der Waals surface area contributed by atoms with E-state index in [0.29, 0.717) is 23.7 Å². The third-order valence-corrected chi connectivity index (χ3v) is 8.37. The van der Waals surface area contributed by atoms with Gasteiger partial charge in [-0.1, -0.05) is 6.92 Å². The minimum absolute atomic E-state index is 0.0895. The zero-order chi connectivity index (χ0) is 15.5. The summed E-state index contributed by atoms with van der Waals surface area (Å²) in [6.07, 6.45) is 10.0. The highest BCUT2D eigenvalue weighted by Crippen LogP contribution is 2.65. The van der Waals surface area contributed by atoms with Crippen molar-refractivity contribution in [3.05, 3.63) is 0 Å². The summed E-state index contributed by atoms with van der Waals surface area (Å²) in [6, 6.07) is 0. The summed E-state index contributed by atoms with van der Waals surface area (Å²) in [6.45, 7) is 2.29. The van der Waals surface area contributed by atoms with Crippen LogP contribution in [0, 0.1) is 34.5 Å². The summed E-state index contributed by atoms with van der Waals surface area (Å²) >= 11 is 0. The normalized spacial score (nSPS) is 57.6. The van der Waals surface area contributed by atoms with E-state index in [4.69, 9.17) is 0 Å². The Kier molecular flexibility index (Phi) is 3.47. The minimum atomic E-state index is -0.197. The molecule has 0 spiro atoms. The Morgan fingerprint density at radius 1 is 0.955 bits per heavy atom. The molecule has 4 fully saturated rings. The monoisotopic (exact) mass is 306 g/mol. The zero-order valence-corrected chi connectivity index (χ0v) is 13.7. The molecule has 4 rings (SSSR count). The second-order valence-electron chi connectivity index (χ2n) is 8.95. The molecular weight excluding hydrogens is 276 g/mol. The Balaban J connectivity index is 1.66. The maximum Gasteiger partial charge on any atom is 0.126 e. The van der Waals surface area contributed by atoms with Gasteiger partial charge in [0.25, 0.3) is 0 Å². The third kappa shape index (κ3) is 1.84. The molecule has 8 atom stereocenters. The van der Waals surface area contributed by atoms with Gasteiger partial charge in [-0.05, 0) is 86.9 Å². The van der Waals surface area contributed by atoms with Crippen LogP contribution in [0.15, 0.2) is 0 Å². The first kappa shape index (κ1) is 15.1. The fourth-order valence-corrected chi connectivity index (χ4v) is 7.13. The van der Waals surface area contributed by atoms with Gasteiger partial charge in [0.1, 0.15) is 6.29 Å². The lowest BCUT2D eigenvalue weighted by Crippen LogP contribution is -2.56. The Labute approximate surface area is 133 Å². The molecule has 0 bridgehead atoms. The first-order valence-corrected chi connectivity index (χ1v) is 9.34. The molecule has 2 N–H and O–H groups in total. The van der Waals surface area contributed by atoms with Crippen molar-refractivity contribution in [2.75, 3.05) is 0 Å². The predicted molar refractivity (Wildman–Crippen MR) is 84.1 cm³/mol. The molecule has 4 aliphatic carbocycles. The molecule has 0 aliphatic heterocycles. The summed E-state index contributed by atoms with van der Waals surface area (Å²) in [4.78, 5) is 12.2. The zero-order valence-electron chi connectivity index (χ0n) is 13.7. The topological polar surface area (TPSA) is 57.5 Å². The van der Waals surface area contributed by atoms with Gasteiger partial charge in [-0.3, -0.25) is 0 Å². The van der Waals surface area contributed by atoms with Crippen LogP contribution >= 0.6 is 0 Å². The van der Waals surface area contributed by atoms with Crippen molar-refractivity contribution in [2.45, 2.75) is 76.9 Å². The van der Waals surface area contributed by atoms with Crippen molar-refractivity contribution in [3.8, 4) is 0 Å². The Bertz CT molecular complexity index is 464. The third-order valence-electron chi connectivity index (χ3n) is 8.37. The number of hydrogen-bond donors (Lipinski definition) is 2. The molecule has 0 heterocycles. The molecule has 0 saturated heterocycles. The van der Waals surface area contributed by atoms with E-state index in [1.807, 2.05) is 0 Å². The standard InChI is InChI=1S/C19H30O3/c1-18-8-7-16-14(15(18)4-5-17(18)22)3-2-12-10-13(21)6-9-19(12,16)11-20/h11-17,21-22H,2-10H2,1H3/t12?,13?,14-,15-,16+,17?,18-,19+/m0/s1. The molecule has 4 saturated carbocycles. The number of carbonyl (C=O) groups excluding carboxylic acids is 1. The first-order valence-electron chi connectivity index (χ1n) is 9.34. The van der Waals surface area contributed by atoms with Crippen molar-refractivity contribution >= 4 is 6.29 Å². The van der Waals surface area contributed by atoms with E-state index in [-0.39, 0.29) is 23.0 Å². The van der Waals surface area contributed by atoms with Gasteiger partial charge >= 0.3 is 0 Å². The highest BCUT2D eigenvalue weighted by Gasteiger charge is 2.61. The molecule has 22 heavy (non-hydrogen) atoms. The van der Waals surface area contributed by atoms with Gasteiger partial charge < -0.3 is 15.0 Å². The molecular formula is C19H30O3. The van der Waals surface area contributed by atoms with Gasteiger partial charge in [0.2, 0.25) is 0 Å². The molecule has 124 valence electrons. The molecule has 3 unspecified atom stereocenters. The molecule has 4 aliphatic rings. The maximum atomic E-state index is 12.2.